The molecule has 5 heteroatoms. The molecule has 2 nitrogen and oxygen atoms in total. The molecule has 1 aromatic carbocycles. The highest BCUT2D eigenvalue weighted by molar-refractivity contribution is 9.10. The molecule has 2 aromatic rings. The van der Waals surface area contributed by atoms with Crippen LogP contribution in [0.4, 0.5) is 0 Å². The van der Waals surface area contributed by atoms with E-state index in [0.717, 1.165) is 34.6 Å². The number of unbranched alkanes of at least 4 members (excludes halogenated alkanes) is 5. The summed E-state index contributed by atoms with van der Waals surface area (Å²) in [5, 5.41) is 4.14. The van der Waals surface area contributed by atoms with Gasteiger partial charge in [-0.05, 0) is 43.3 Å². The van der Waals surface area contributed by atoms with Crippen molar-refractivity contribution in [1.82, 2.24) is 5.32 Å². The van der Waals surface area contributed by atoms with Gasteiger partial charge in [0.25, 0.3) is 0 Å². The Hall–Kier alpha value is -0.480. The average molecular weight is 435 g/mol. The fraction of sp³-hybridized carbons (Fsp3) is 0.474. The number of nitrogens with one attached hydrogen (secondary N) is 1. The topological polar surface area (TPSA) is 25.2 Å². The van der Waals surface area contributed by atoms with Crippen LogP contribution in [0.25, 0.3) is 11.3 Å². The summed E-state index contributed by atoms with van der Waals surface area (Å²) in [6.07, 6.45) is 7.93. The molecular weight excluding hydrogens is 409 g/mol. The Labute approximate surface area is 164 Å². The zero-order valence-corrected chi connectivity index (χ0v) is 17.3. The van der Waals surface area contributed by atoms with Crippen LogP contribution in [-0.2, 0) is 6.54 Å². The average Bonchev–Trinajstić information content (AvgIpc) is 2.98. The Balaban J connectivity index is 0.00000288. The van der Waals surface area contributed by atoms with Gasteiger partial charge in [0.05, 0.1) is 11.6 Å². The van der Waals surface area contributed by atoms with Gasteiger partial charge in [0.15, 0.2) is 0 Å². The molecule has 1 heterocycles. The number of hydrogen-bond acceptors (Lipinski definition) is 2. The maximum atomic E-state index is 6.27. The third kappa shape index (κ3) is 7.18. The minimum Gasteiger partial charge on any atom is -0.460 e. The van der Waals surface area contributed by atoms with E-state index >= 15 is 0 Å². The molecule has 1 aromatic heterocycles. The minimum absolute atomic E-state index is 0. The predicted molar refractivity (Wildman–Crippen MR) is 109 cm³/mol. The van der Waals surface area contributed by atoms with Crippen LogP contribution < -0.4 is 5.32 Å². The van der Waals surface area contributed by atoms with Crippen molar-refractivity contribution in [3.05, 3.63) is 45.6 Å². The van der Waals surface area contributed by atoms with E-state index in [1.807, 2.05) is 30.3 Å². The summed E-state index contributed by atoms with van der Waals surface area (Å²) in [6.45, 7) is 4.06. The predicted octanol–water partition coefficient (Wildman–Crippen LogP) is 7.23. The molecule has 0 aliphatic heterocycles. The molecule has 0 aliphatic rings. The van der Waals surface area contributed by atoms with E-state index < -0.39 is 0 Å². The molecule has 0 bridgehead atoms. The Morgan fingerprint density at radius 1 is 1.04 bits per heavy atom. The Bertz CT molecular complexity index is 601. The highest BCUT2D eigenvalue weighted by Gasteiger charge is 2.08. The van der Waals surface area contributed by atoms with Crippen LogP contribution in [0.2, 0.25) is 5.02 Å². The number of benzene rings is 1. The van der Waals surface area contributed by atoms with Gasteiger partial charge in [-0.1, -0.05) is 66.6 Å². The summed E-state index contributed by atoms with van der Waals surface area (Å²) in [6, 6.07) is 9.83. The third-order valence-electron chi connectivity index (χ3n) is 3.86. The maximum absolute atomic E-state index is 6.27. The van der Waals surface area contributed by atoms with Gasteiger partial charge in [-0.3, -0.25) is 0 Å². The highest BCUT2D eigenvalue weighted by Crippen LogP contribution is 2.31. The molecule has 1 N–H and O–H groups in total. The van der Waals surface area contributed by atoms with Gasteiger partial charge in [-0.2, -0.15) is 0 Å². The summed E-state index contributed by atoms with van der Waals surface area (Å²) < 4.78 is 6.86. The Morgan fingerprint density at radius 2 is 1.79 bits per heavy atom. The van der Waals surface area contributed by atoms with Gasteiger partial charge < -0.3 is 9.73 Å². The number of halogens is 3. The molecule has 0 radical (unpaired) electrons. The van der Waals surface area contributed by atoms with Crippen LogP contribution in [-0.4, -0.2) is 6.54 Å². The summed E-state index contributed by atoms with van der Waals surface area (Å²) in [4.78, 5) is 0. The molecule has 0 atom stereocenters. The first-order chi connectivity index (χ1) is 11.2. The van der Waals surface area contributed by atoms with Crippen molar-refractivity contribution in [3.8, 4) is 11.3 Å². The number of furan rings is 1. The van der Waals surface area contributed by atoms with Crippen molar-refractivity contribution < 1.29 is 4.42 Å². The maximum Gasteiger partial charge on any atom is 0.135 e. The monoisotopic (exact) mass is 433 g/mol. The first kappa shape index (κ1) is 21.6. The SMILES string of the molecule is CCCCCCCCNCc1ccc(-c2ccc(Br)cc2Cl)o1.Cl. The molecule has 0 saturated heterocycles. The zero-order chi connectivity index (χ0) is 16.5. The first-order valence-electron chi connectivity index (χ1n) is 8.45. The van der Waals surface area contributed by atoms with Crippen LogP contribution in [0.1, 0.15) is 51.2 Å². The van der Waals surface area contributed by atoms with Crippen molar-refractivity contribution in [2.45, 2.75) is 52.0 Å². The summed E-state index contributed by atoms with van der Waals surface area (Å²) in [7, 11) is 0. The van der Waals surface area contributed by atoms with Gasteiger partial charge >= 0.3 is 0 Å². The second-order valence-corrected chi connectivity index (χ2v) is 7.16. The molecule has 134 valence electrons. The van der Waals surface area contributed by atoms with E-state index in [1.165, 1.54) is 38.5 Å². The molecule has 0 fully saturated rings. The van der Waals surface area contributed by atoms with Crippen molar-refractivity contribution in [3.63, 3.8) is 0 Å². The molecule has 24 heavy (non-hydrogen) atoms. The number of rotatable bonds is 10. The van der Waals surface area contributed by atoms with Crippen molar-refractivity contribution in [2.24, 2.45) is 0 Å². The lowest BCUT2D eigenvalue weighted by atomic mass is 10.1. The Morgan fingerprint density at radius 3 is 2.54 bits per heavy atom. The van der Waals surface area contributed by atoms with Crippen LogP contribution >= 0.6 is 39.9 Å². The second kappa shape index (κ2) is 12.0. The largest absolute Gasteiger partial charge is 0.460 e. The van der Waals surface area contributed by atoms with E-state index in [4.69, 9.17) is 16.0 Å². The first-order valence-corrected chi connectivity index (χ1v) is 9.62. The molecule has 0 spiro atoms. The smallest absolute Gasteiger partial charge is 0.135 e. The normalized spacial score (nSPS) is 10.6. The van der Waals surface area contributed by atoms with E-state index in [1.54, 1.807) is 0 Å². The molecule has 2 rings (SSSR count). The van der Waals surface area contributed by atoms with Gasteiger partial charge in [-0.25, -0.2) is 0 Å². The third-order valence-corrected chi connectivity index (χ3v) is 4.67. The molecule has 0 aliphatic carbocycles. The summed E-state index contributed by atoms with van der Waals surface area (Å²) in [5.74, 6) is 1.77. The molecule has 0 saturated carbocycles. The zero-order valence-electron chi connectivity index (χ0n) is 14.1. The van der Waals surface area contributed by atoms with Crippen LogP contribution in [0.3, 0.4) is 0 Å². The van der Waals surface area contributed by atoms with Crippen molar-refractivity contribution in [2.75, 3.05) is 6.54 Å². The lowest BCUT2D eigenvalue weighted by Crippen LogP contribution is -2.14. The lowest BCUT2D eigenvalue weighted by molar-refractivity contribution is 0.485. The van der Waals surface area contributed by atoms with Gasteiger partial charge in [-0.15, -0.1) is 12.4 Å². The van der Waals surface area contributed by atoms with E-state index in [2.05, 4.69) is 28.2 Å². The summed E-state index contributed by atoms with van der Waals surface area (Å²) in [5.41, 5.74) is 0.928. The number of hydrogen-bond donors (Lipinski definition) is 1. The van der Waals surface area contributed by atoms with E-state index in [0.29, 0.717) is 5.02 Å². The van der Waals surface area contributed by atoms with Crippen molar-refractivity contribution in [1.29, 1.82) is 0 Å². The quantitative estimate of drug-likeness (QED) is 0.398. The minimum atomic E-state index is 0. The van der Waals surface area contributed by atoms with Crippen LogP contribution in [0, 0.1) is 0 Å². The second-order valence-electron chi connectivity index (χ2n) is 5.83. The van der Waals surface area contributed by atoms with Crippen LogP contribution in [0.15, 0.2) is 39.2 Å². The van der Waals surface area contributed by atoms with Crippen LogP contribution in [0.5, 0.6) is 0 Å². The fourth-order valence-electron chi connectivity index (χ4n) is 2.55. The molecule has 0 amide bonds. The Kier molecular flexibility index (Phi) is 10.8. The van der Waals surface area contributed by atoms with Gasteiger partial charge in [0.1, 0.15) is 11.5 Å². The van der Waals surface area contributed by atoms with Gasteiger partial charge in [0, 0.05) is 10.0 Å². The molecular formula is C19H26BrCl2NO. The van der Waals surface area contributed by atoms with E-state index in [9.17, 15) is 0 Å². The molecule has 0 unspecified atom stereocenters. The standard InChI is InChI=1S/C19H25BrClNO.ClH/c1-2-3-4-5-6-7-12-22-14-16-9-11-19(23-16)17-10-8-15(20)13-18(17)21;/h8-11,13,22H,2-7,12,14H2,1H3;1H. The van der Waals surface area contributed by atoms with Crippen molar-refractivity contribution >= 4 is 39.9 Å². The lowest BCUT2D eigenvalue weighted by Gasteiger charge is -2.04. The highest BCUT2D eigenvalue weighted by atomic mass is 79.9. The van der Waals surface area contributed by atoms with E-state index in [-0.39, 0.29) is 12.4 Å². The van der Waals surface area contributed by atoms with Gasteiger partial charge in [0.2, 0.25) is 0 Å². The summed E-state index contributed by atoms with van der Waals surface area (Å²) >= 11 is 9.68. The fourth-order valence-corrected chi connectivity index (χ4v) is 3.32.